The zero-order valence-electron chi connectivity index (χ0n) is 44.1. The molecule has 5 rings (SSSR count). The number of hydrogen-bond donors (Lipinski definition) is 3. The highest BCUT2D eigenvalue weighted by molar-refractivity contribution is 6.35. The van der Waals surface area contributed by atoms with Gasteiger partial charge < -0.3 is 63.0 Å². The number of rotatable bonds is 18. The fraction of sp³-hybridized carbons (Fsp3) is 0.673. The molecule has 4 bridgehead atoms. The van der Waals surface area contributed by atoms with Crippen LogP contribution in [0.4, 0.5) is 10.5 Å². The lowest BCUT2D eigenvalue weighted by molar-refractivity contribution is -0.162. The van der Waals surface area contributed by atoms with E-state index in [2.05, 4.69) is 17.2 Å². The van der Waals surface area contributed by atoms with Gasteiger partial charge >= 0.3 is 18.0 Å². The molecule has 4 amide bonds. The number of allylic oxidation sites excluding steroid dienone is 2. The molecule has 1 unspecified atom stereocenters. The SMILES string of the molecule is C=C1[CH+]/C=C/[C@@H](OC)[C@@]2(O)C[C@H](OC(=O)N2)[C@@H](C)C2O[C@@]2(C)[C@@H](OC(=O)[C@H](C)N(C)C(=O)CCC(=O)N(CCOCCOCCC(=O)OC(C)(C)C)C2CCNCC2)CC(=O)N(C)c2cc(cc(OC)c2Cl)C1. The van der Waals surface area contributed by atoms with E-state index in [0.29, 0.717) is 35.5 Å². The van der Waals surface area contributed by atoms with Gasteiger partial charge in [-0.3, -0.25) is 24.5 Å². The van der Waals surface area contributed by atoms with E-state index in [1.807, 2.05) is 0 Å². The molecule has 4 aliphatic heterocycles. The predicted molar refractivity (Wildman–Crippen MR) is 270 cm³/mol. The van der Waals surface area contributed by atoms with Crippen molar-refractivity contribution in [3.63, 3.8) is 0 Å². The second-order valence-electron chi connectivity index (χ2n) is 20.3. The minimum Gasteiger partial charge on any atom is -0.495 e. The molecule has 1 aromatic rings. The van der Waals surface area contributed by atoms with Crippen LogP contribution in [0.3, 0.4) is 0 Å². The summed E-state index contributed by atoms with van der Waals surface area (Å²) in [6, 6.07) is 2.26. The number of methoxy groups -OCH3 is 2. The number of nitrogens with one attached hydrogen (secondary N) is 2. The van der Waals surface area contributed by atoms with Gasteiger partial charge in [-0.1, -0.05) is 18.5 Å². The highest BCUT2D eigenvalue weighted by Crippen LogP contribution is 2.49. The number of ether oxygens (including phenoxy) is 8. The Balaban J connectivity index is 1.28. The molecule has 3 fully saturated rings. The van der Waals surface area contributed by atoms with Gasteiger partial charge in [0.05, 0.1) is 63.7 Å². The highest BCUT2D eigenvalue weighted by Gasteiger charge is 2.64. The molecule has 73 heavy (non-hydrogen) atoms. The molecule has 0 aromatic heterocycles. The third-order valence-corrected chi connectivity index (χ3v) is 14.1. The minimum absolute atomic E-state index is 0.0520. The molecule has 0 aliphatic carbocycles. The number of alkyl carbamates (subject to hydrolysis) is 1. The average Bonchev–Trinajstić information content (AvgIpc) is 4.04. The summed E-state index contributed by atoms with van der Waals surface area (Å²) in [5, 5.41) is 17.8. The summed E-state index contributed by atoms with van der Waals surface area (Å²) in [5.74, 6) is -2.68. The Labute approximate surface area is 434 Å². The van der Waals surface area contributed by atoms with E-state index in [1.165, 1.54) is 45.0 Å². The van der Waals surface area contributed by atoms with E-state index in [0.717, 1.165) is 25.9 Å². The van der Waals surface area contributed by atoms with E-state index in [9.17, 15) is 33.9 Å². The topological polar surface area (TPSA) is 234 Å². The van der Waals surface area contributed by atoms with Crippen molar-refractivity contribution in [1.82, 2.24) is 20.4 Å². The van der Waals surface area contributed by atoms with Crippen LogP contribution in [0.1, 0.15) is 92.1 Å². The normalized spacial score (nSPS) is 26.8. The number of nitrogens with zero attached hydrogens (tertiary/aromatic N) is 3. The number of amides is 4. The molecule has 0 radical (unpaired) electrons. The maximum atomic E-state index is 14.4. The Kier molecular flexibility index (Phi) is 21.0. The zero-order valence-corrected chi connectivity index (χ0v) is 44.9. The Morgan fingerprint density at radius 3 is 2.37 bits per heavy atom. The molecule has 3 N–H and O–H groups in total. The molecule has 1 aromatic carbocycles. The zero-order chi connectivity index (χ0) is 53.8. The van der Waals surface area contributed by atoms with Crippen molar-refractivity contribution in [3.05, 3.63) is 53.4 Å². The van der Waals surface area contributed by atoms with Crippen molar-refractivity contribution in [2.45, 2.75) is 146 Å². The van der Waals surface area contributed by atoms with Crippen LogP contribution in [0.5, 0.6) is 5.75 Å². The third-order valence-electron chi connectivity index (χ3n) is 13.8. The molecule has 4 aliphatic rings. The number of hydrogen-bond acceptors (Lipinski definition) is 16. The van der Waals surface area contributed by atoms with Crippen molar-refractivity contribution in [3.8, 4) is 5.75 Å². The first-order valence-corrected chi connectivity index (χ1v) is 25.4. The number of aliphatic hydroxyl groups is 1. The van der Waals surface area contributed by atoms with Crippen LogP contribution in [0.2, 0.25) is 5.02 Å². The number of epoxide rings is 1. The van der Waals surface area contributed by atoms with Crippen LogP contribution >= 0.6 is 11.6 Å². The lowest BCUT2D eigenvalue weighted by atomic mass is 9.83. The molecule has 406 valence electrons. The van der Waals surface area contributed by atoms with Gasteiger partial charge in [0.25, 0.3) is 0 Å². The van der Waals surface area contributed by atoms with E-state index < -0.39 is 83.6 Å². The largest absolute Gasteiger partial charge is 0.495 e. The summed E-state index contributed by atoms with van der Waals surface area (Å²) in [7, 11) is 5.85. The summed E-state index contributed by atoms with van der Waals surface area (Å²) in [5.41, 5.74) is -2.10. The van der Waals surface area contributed by atoms with E-state index in [4.69, 9.17) is 49.5 Å². The van der Waals surface area contributed by atoms with Gasteiger partial charge in [-0.2, -0.15) is 0 Å². The predicted octanol–water partition coefficient (Wildman–Crippen LogP) is 4.45. The number of halogens is 1. The lowest BCUT2D eigenvalue weighted by Gasteiger charge is -2.41. The van der Waals surface area contributed by atoms with Gasteiger partial charge in [-0.15, -0.1) is 0 Å². The highest BCUT2D eigenvalue weighted by atomic mass is 35.5. The Hall–Kier alpha value is -4.96. The van der Waals surface area contributed by atoms with Gasteiger partial charge in [0.15, 0.2) is 11.8 Å². The second-order valence-corrected chi connectivity index (χ2v) is 20.7. The molecular formula is C52H77ClN5O15+. The molecule has 4 heterocycles. The van der Waals surface area contributed by atoms with Gasteiger partial charge in [-0.25, -0.2) is 9.59 Å². The van der Waals surface area contributed by atoms with Crippen LogP contribution in [0, 0.1) is 12.3 Å². The maximum Gasteiger partial charge on any atom is 0.409 e. The number of piperidine rings is 1. The Morgan fingerprint density at radius 2 is 1.71 bits per heavy atom. The number of carbonyl (C=O) groups excluding carboxylic acids is 6. The van der Waals surface area contributed by atoms with Crippen molar-refractivity contribution in [2.75, 3.05) is 79.3 Å². The average molecular weight is 1050 g/mol. The summed E-state index contributed by atoms with van der Waals surface area (Å²) >= 11 is 6.82. The molecular weight excluding hydrogens is 970 g/mol. The van der Waals surface area contributed by atoms with Crippen molar-refractivity contribution in [1.29, 1.82) is 0 Å². The monoisotopic (exact) mass is 1050 g/mol. The van der Waals surface area contributed by atoms with Crippen LogP contribution < -0.4 is 20.3 Å². The van der Waals surface area contributed by atoms with Gasteiger partial charge in [-0.05, 0) is 84.8 Å². The van der Waals surface area contributed by atoms with E-state index in [1.54, 1.807) is 70.2 Å². The molecule has 0 saturated carbocycles. The first kappa shape index (κ1) is 58.9. The molecule has 0 spiro atoms. The smallest absolute Gasteiger partial charge is 0.409 e. The molecule has 21 heteroatoms. The van der Waals surface area contributed by atoms with Crippen molar-refractivity contribution < 1.29 is 71.8 Å². The minimum atomic E-state index is -1.90. The maximum absolute atomic E-state index is 14.4. The molecule has 8 atom stereocenters. The fourth-order valence-electron chi connectivity index (χ4n) is 9.33. The number of anilines is 1. The molecule has 3 saturated heterocycles. The lowest BCUT2D eigenvalue weighted by Crippen LogP contribution is -2.63. The Bertz CT molecular complexity index is 2170. The van der Waals surface area contributed by atoms with Gasteiger partial charge in [0.1, 0.15) is 40.2 Å². The summed E-state index contributed by atoms with van der Waals surface area (Å²) < 4.78 is 46.1. The van der Waals surface area contributed by atoms with Crippen LogP contribution in [-0.2, 0) is 63.6 Å². The van der Waals surface area contributed by atoms with Gasteiger partial charge in [0.2, 0.25) is 17.7 Å². The van der Waals surface area contributed by atoms with Crippen LogP contribution in [0.25, 0.3) is 0 Å². The summed E-state index contributed by atoms with van der Waals surface area (Å²) in [6.45, 7) is 17.2. The number of fused-ring (bicyclic) bond motifs is 5. The van der Waals surface area contributed by atoms with Crippen molar-refractivity contribution in [2.24, 2.45) is 5.92 Å². The molecule has 20 nitrogen and oxygen atoms in total. The van der Waals surface area contributed by atoms with Gasteiger partial charge in [0, 0.05) is 84.0 Å². The first-order chi connectivity index (χ1) is 34.4. The fourth-order valence-corrected chi connectivity index (χ4v) is 9.64. The number of carbonyl (C=O) groups is 6. The van der Waals surface area contributed by atoms with E-state index in [-0.39, 0.29) is 75.1 Å². The Morgan fingerprint density at radius 1 is 1.04 bits per heavy atom. The van der Waals surface area contributed by atoms with Crippen LogP contribution in [-0.4, -0.2) is 178 Å². The van der Waals surface area contributed by atoms with Crippen molar-refractivity contribution >= 4 is 53.0 Å². The number of esters is 2. The second kappa shape index (κ2) is 26.0. The number of likely N-dealkylation sites (N-methyl/N-ethyl adjacent to an activating group) is 1. The number of benzene rings is 1. The summed E-state index contributed by atoms with van der Waals surface area (Å²) in [6.07, 6.45) is 1.30. The third kappa shape index (κ3) is 16.0. The van der Waals surface area contributed by atoms with Crippen LogP contribution in [0.15, 0.2) is 36.4 Å². The summed E-state index contributed by atoms with van der Waals surface area (Å²) in [4.78, 5) is 85.4. The standard InChI is InChI=1S/C52H76ClN5O15/c1-32-13-12-14-40(67-11)52(65)31-39(70-49(64)55-52)33(2)47-51(7,73-47)41(30-44(61)57(9)37-28-35(27-32)29-38(66-10)46(37)53)71-48(63)34(3)56(8)42(59)15-16-43(60)58(36-17-20-54-21-18-36)22-24-69-26-25-68-23-19-45(62)72-50(4,5)6/h12-14,28-29,33-34,36,39-41,47,54,65H,1,15-27,30-31H2,2-11H3/p+1/b14-12+/t33-,34+,39+,40-,41+,47?,51+,52+/m1/s1. The quantitative estimate of drug-likeness (QED) is 0.0606. The first-order valence-electron chi connectivity index (χ1n) is 25.0. The van der Waals surface area contributed by atoms with E-state index >= 15 is 0 Å².